The SMILES string of the molecule is C=C(C)C(=O)OCCNC(=O)c1ccc(-n2nnnc2S)cc1. The largest absolute Gasteiger partial charge is 0.460 e. The van der Waals surface area contributed by atoms with Crippen LogP contribution in [-0.2, 0) is 9.53 Å². The van der Waals surface area contributed by atoms with Crippen molar-refractivity contribution >= 4 is 24.5 Å². The van der Waals surface area contributed by atoms with Crippen LogP contribution in [0.3, 0.4) is 0 Å². The third-order valence-corrected chi connectivity index (χ3v) is 3.08. The molecule has 1 aromatic carbocycles. The van der Waals surface area contributed by atoms with Gasteiger partial charge in [0.2, 0.25) is 5.16 Å². The van der Waals surface area contributed by atoms with Crippen LogP contribution in [-0.4, -0.2) is 45.2 Å². The number of tetrazole rings is 1. The molecule has 0 unspecified atom stereocenters. The van der Waals surface area contributed by atoms with E-state index >= 15 is 0 Å². The van der Waals surface area contributed by atoms with Gasteiger partial charge in [-0.05, 0) is 41.6 Å². The van der Waals surface area contributed by atoms with E-state index in [1.54, 1.807) is 31.2 Å². The number of ether oxygens (including phenoxy) is 1. The van der Waals surface area contributed by atoms with Crippen LogP contribution in [0.5, 0.6) is 0 Å². The Morgan fingerprint density at radius 2 is 2.04 bits per heavy atom. The summed E-state index contributed by atoms with van der Waals surface area (Å²) in [4.78, 5) is 23.1. The molecule has 0 bridgehead atoms. The molecule has 23 heavy (non-hydrogen) atoms. The van der Waals surface area contributed by atoms with Crippen molar-refractivity contribution in [2.75, 3.05) is 13.2 Å². The maximum Gasteiger partial charge on any atom is 0.333 e. The van der Waals surface area contributed by atoms with E-state index < -0.39 is 5.97 Å². The molecule has 1 N–H and O–H groups in total. The van der Waals surface area contributed by atoms with Gasteiger partial charge < -0.3 is 10.1 Å². The number of esters is 1. The van der Waals surface area contributed by atoms with Gasteiger partial charge in [-0.15, -0.1) is 17.7 Å². The molecule has 0 aliphatic heterocycles. The Morgan fingerprint density at radius 1 is 1.35 bits per heavy atom. The van der Waals surface area contributed by atoms with Crippen molar-refractivity contribution in [1.82, 2.24) is 25.5 Å². The van der Waals surface area contributed by atoms with Crippen molar-refractivity contribution in [3.63, 3.8) is 0 Å². The van der Waals surface area contributed by atoms with Crippen LogP contribution in [0.1, 0.15) is 17.3 Å². The predicted molar refractivity (Wildman–Crippen MR) is 84.5 cm³/mol. The number of hydrogen-bond acceptors (Lipinski definition) is 7. The van der Waals surface area contributed by atoms with Gasteiger partial charge in [0.05, 0.1) is 12.2 Å². The fourth-order valence-corrected chi connectivity index (χ4v) is 1.83. The first-order valence-corrected chi connectivity index (χ1v) is 7.12. The van der Waals surface area contributed by atoms with E-state index in [1.165, 1.54) is 4.68 Å². The Hall–Kier alpha value is -2.68. The molecular formula is C14H15N5O3S. The highest BCUT2D eigenvalue weighted by atomic mass is 32.1. The first-order chi connectivity index (χ1) is 11.0. The number of amides is 1. The Balaban J connectivity index is 1.87. The monoisotopic (exact) mass is 333 g/mol. The second kappa shape index (κ2) is 7.54. The number of rotatable bonds is 6. The summed E-state index contributed by atoms with van der Waals surface area (Å²) in [7, 11) is 0. The molecule has 120 valence electrons. The molecular weight excluding hydrogens is 318 g/mol. The van der Waals surface area contributed by atoms with E-state index in [9.17, 15) is 9.59 Å². The molecule has 0 saturated heterocycles. The average molecular weight is 333 g/mol. The zero-order valence-electron chi connectivity index (χ0n) is 12.4. The molecule has 0 spiro atoms. The molecule has 0 aliphatic rings. The molecule has 8 nitrogen and oxygen atoms in total. The van der Waals surface area contributed by atoms with Crippen molar-refractivity contribution < 1.29 is 14.3 Å². The highest BCUT2D eigenvalue weighted by Gasteiger charge is 2.08. The lowest BCUT2D eigenvalue weighted by atomic mass is 10.2. The van der Waals surface area contributed by atoms with E-state index in [2.05, 4.69) is 40.0 Å². The van der Waals surface area contributed by atoms with Crippen molar-refractivity contribution in [2.24, 2.45) is 0 Å². The molecule has 0 saturated carbocycles. The minimum atomic E-state index is -0.479. The quantitative estimate of drug-likeness (QED) is 0.351. The number of benzene rings is 1. The standard InChI is InChI=1S/C14H15N5O3S/c1-9(2)13(21)22-8-7-15-12(20)10-3-5-11(6-4-10)19-14(23)16-17-18-19/h3-6H,1,7-8H2,2H3,(H,15,20)(H,16,18,23). The molecule has 2 aromatic rings. The van der Waals surface area contributed by atoms with Crippen molar-refractivity contribution in [1.29, 1.82) is 0 Å². The maximum atomic E-state index is 12.0. The highest BCUT2D eigenvalue weighted by Crippen LogP contribution is 2.11. The van der Waals surface area contributed by atoms with Gasteiger partial charge in [0, 0.05) is 11.1 Å². The summed E-state index contributed by atoms with van der Waals surface area (Å²) in [6.45, 7) is 5.33. The van der Waals surface area contributed by atoms with Gasteiger partial charge in [-0.1, -0.05) is 6.58 Å². The third-order valence-electron chi connectivity index (χ3n) is 2.80. The summed E-state index contributed by atoms with van der Waals surface area (Å²) in [5.74, 6) is -0.752. The van der Waals surface area contributed by atoms with Crippen molar-refractivity contribution in [2.45, 2.75) is 12.1 Å². The molecule has 1 aromatic heterocycles. The number of hydrogen-bond donors (Lipinski definition) is 2. The minimum Gasteiger partial charge on any atom is -0.460 e. The van der Waals surface area contributed by atoms with Gasteiger partial charge in [0.1, 0.15) is 6.61 Å². The van der Waals surface area contributed by atoms with E-state index in [-0.39, 0.29) is 19.1 Å². The van der Waals surface area contributed by atoms with Crippen molar-refractivity contribution in [3.05, 3.63) is 42.0 Å². The van der Waals surface area contributed by atoms with Gasteiger partial charge in [-0.2, -0.15) is 4.68 Å². The van der Waals surface area contributed by atoms with Crippen LogP contribution in [0.25, 0.3) is 5.69 Å². The summed E-state index contributed by atoms with van der Waals surface area (Å²) in [6.07, 6.45) is 0. The van der Waals surface area contributed by atoms with E-state index in [1.807, 2.05) is 0 Å². The zero-order valence-corrected chi connectivity index (χ0v) is 13.3. The molecule has 9 heteroatoms. The maximum absolute atomic E-state index is 12.0. The number of aromatic nitrogens is 4. The number of carbonyl (C=O) groups is 2. The summed E-state index contributed by atoms with van der Waals surface area (Å²) in [5.41, 5.74) is 1.47. The van der Waals surface area contributed by atoms with Gasteiger partial charge in [0.25, 0.3) is 5.91 Å². The van der Waals surface area contributed by atoms with Crippen molar-refractivity contribution in [3.8, 4) is 5.69 Å². The van der Waals surface area contributed by atoms with E-state index in [4.69, 9.17) is 4.74 Å². The van der Waals surface area contributed by atoms with Crippen LogP contribution in [0.15, 0.2) is 41.6 Å². The lowest BCUT2D eigenvalue weighted by Gasteiger charge is -2.07. The number of carbonyl (C=O) groups excluding carboxylic acids is 2. The molecule has 1 amide bonds. The first kappa shape index (κ1) is 16.7. The first-order valence-electron chi connectivity index (χ1n) is 6.67. The number of thiol groups is 1. The van der Waals surface area contributed by atoms with Gasteiger partial charge in [-0.25, -0.2) is 4.79 Å². The Labute approximate surface area is 137 Å². The smallest absolute Gasteiger partial charge is 0.333 e. The predicted octanol–water partition coefficient (Wildman–Crippen LogP) is 0.800. The van der Waals surface area contributed by atoms with Gasteiger partial charge >= 0.3 is 5.97 Å². The fourth-order valence-electron chi connectivity index (χ4n) is 1.64. The van der Waals surface area contributed by atoms with Crippen LogP contribution in [0.4, 0.5) is 0 Å². The van der Waals surface area contributed by atoms with Crippen LogP contribution >= 0.6 is 12.6 Å². The number of nitrogens with one attached hydrogen (secondary N) is 1. The van der Waals surface area contributed by atoms with Gasteiger partial charge in [-0.3, -0.25) is 4.79 Å². The average Bonchev–Trinajstić information content (AvgIpc) is 2.97. The topological polar surface area (TPSA) is 99.0 Å². The molecule has 0 radical (unpaired) electrons. The zero-order chi connectivity index (χ0) is 16.8. The summed E-state index contributed by atoms with van der Waals surface area (Å²) in [5, 5.41) is 13.9. The molecule has 2 rings (SSSR count). The minimum absolute atomic E-state index is 0.0865. The summed E-state index contributed by atoms with van der Waals surface area (Å²) < 4.78 is 6.32. The summed E-state index contributed by atoms with van der Waals surface area (Å²) >= 11 is 4.11. The molecule has 0 aliphatic carbocycles. The normalized spacial score (nSPS) is 10.2. The van der Waals surface area contributed by atoms with Crippen LogP contribution in [0, 0.1) is 0 Å². The Kier molecular flexibility index (Phi) is 5.47. The van der Waals surface area contributed by atoms with E-state index in [0.29, 0.717) is 22.0 Å². The highest BCUT2D eigenvalue weighted by molar-refractivity contribution is 7.80. The van der Waals surface area contributed by atoms with Crippen LogP contribution < -0.4 is 5.32 Å². The lowest BCUT2D eigenvalue weighted by molar-refractivity contribution is -0.138. The number of nitrogens with zero attached hydrogens (tertiary/aromatic N) is 4. The Morgan fingerprint density at radius 3 is 2.61 bits per heavy atom. The molecule has 1 heterocycles. The Bertz CT molecular complexity index is 726. The third kappa shape index (κ3) is 4.39. The molecule has 0 atom stereocenters. The fraction of sp³-hybridized carbons (Fsp3) is 0.214. The summed E-state index contributed by atoms with van der Waals surface area (Å²) in [6, 6.07) is 6.68. The lowest BCUT2D eigenvalue weighted by Crippen LogP contribution is -2.28. The second-order valence-corrected chi connectivity index (χ2v) is 5.01. The van der Waals surface area contributed by atoms with Crippen LogP contribution in [0.2, 0.25) is 0 Å². The second-order valence-electron chi connectivity index (χ2n) is 4.61. The molecule has 0 fully saturated rings. The van der Waals surface area contributed by atoms with E-state index in [0.717, 1.165) is 0 Å². The van der Waals surface area contributed by atoms with Gasteiger partial charge in [0.15, 0.2) is 0 Å².